The molecule has 2 N–H and O–H groups in total. The van der Waals surface area contributed by atoms with Crippen LogP contribution in [-0.4, -0.2) is 22.8 Å². The smallest absolute Gasteiger partial charge is 0.229 e. The number of hydrogen-bond donors (Lipinski definition) is 2. The molecule has 0 aromatic carbocycles. The normalized spacial score (nSPS) is 19.0. The van der Waals surface area contributed by atoms with Crippen LogP contribution in [0, 0.1) is 5.92 Å². The van der Waals surface area contributed by atoms with Crippen molar-refractivity contribution < 1.29 is 9.59 Å². The van der Waals surface area contributed by atoms with Crippen LogP contribution in [0.15, 0.2) is 5.38 Å². The van der Waals surface area contributed by atoms with E-state index in [0.717, 1.165) is 44.2 Å². The second kappa shape index (κ2) is 5.91. The van der Waals surface area contributed by atoms with Gasteiger partial charge in [0.05, 0.1) is 12.1 Å². The maximum atomic E-state index is 12.0. The molecule has 20 heavy (non-hydrogen) atoms. The highest BCUT2D eigenvalue weighted by Crippen LogP contribution is 2.26. The van der Waals surface area contributed by atoms with Crippen LogP contribution in [-0.2, 0) is 16.0 Å². The molecule has 0 spiro atoms. The molecule has 1 heterocycles. The largest absolute Gasteiger partial charge is 0.353 e. The van der Waals surface area contributed by atoms with E-state index in [1.807, 2.05) is 5.38 Å². The third kappa shape index (κ3) is 3.56. The molecule has 2 aliphatic carbocycles. The lowest BCUT2D eigenvalue weighted by atomic mass is 10.1. The molecule has 0 radical (unpaired) electrons. The first-order valence-electron chi connectivity index (χ1n) is 7.25. The Labute approximate surface area is 122 Å². The van der Waals surface area contributed by atoms with E-state index in [2.05, 4.69) is 15.6 Å². The average molecular weight is 293 g/mol. The summed E-state index contributed by atoms with van der Waals surface area (Å²) in [6.45, 7) is 0. The molecule has 3 rings (SSSR count). The molecule has 2 aliphatic rings. The monoisotopic (exact) mass is 293 g/mol. The Morgan fingerprint density at radius 3 is 2.70 bits per heavy atom. The molecule has 2 fully saturated rings. The lowest BCUT2D eigenvalue weighted by molar-refractivity contribution is -0.121. The van der Waals surface area contributed by atoms with Crippen molar-refractivity contribution in [1.82, 2.24) is 10.3 Å². The molecule has 6 heteroatoms. The van der Waals surface area contributed by atoms with Crippen molar-refractivity contribution >= 4 is 28.3 Å². The Morgan fingerprint density at radius 1 is 1.25 bits per heavy atom. The molecule has 0 atom stereocenters. The lowest BCUT2D eigenvalue weighted by Crippen LogP contribution is -2.27. The predicted octanol–water partition coefficient (Wildman–Crippen LogP) is 2.09. The Balaban J connectivity index is 1.50. The summed E-state index contributed by atoms with van der Waals surface area (Å²) in [5.41, 5.74) is 0.731. The quantitative estimate of drug-likeness (QED) is 0.873. The topological polar surface area (TPSA) is 71.1 Å². The third-order valence-electron chi connectivity index (χ3n) is 3.79. The molecule has 1 aromatic rings. The van der Waals surface area contributed by atoms with Gasteiger partial charge in [0.15, 0.2) is 5.13 Å². The van der Waals surface area contributed by atoms with Gasteiger partial charge in [-0.25, -0.2) is 4.98 Å². The van der Waals surface area contributed by atoms with Crippen molar-refractivity contribution in [3.05, 3.63) is 11.1 Å². The standard InChI is InChI=1S/C14H19N3O2S/c18-12(15-10-5-6-10)7-11-8-20-14(16-11)17-13(19)9-3-1-2-4-9/h8-10H,1-7H2,(H,15,18)(H,16,17,19). The van der Waals surface area contributed by atoms with E-state index in [0.29, 0.717) is 17.6 Å². The number of nitrogens with one attached hydrogen (secondary N) is 2. The maximum Gasteiger partial charge on any atom is 0.229 e. The summed E-state index contributed by atoms with van der Waals surface area (Å²) in [5, 5.41) is 8.25. The summed E-state index contributed by atoms with van der Waals surface area (Å²) in [6, 6.07) is 0.377. The molecule has 0 saturated heterocycles. The Bertz CT molecular complexity index is 504. The number of rotatable bonds is 5. The summed E-state index contributed by atoms with van der Waals surface area (Å²) in [6.07, 6.45) is 6.72. The zero-order chi connectivity index (χ0) is 13.9. The fourth-order valence-electron chi connectivity index (χ4n) is 2.51. The number of nitrogens with zero attached hydrogens (tertiary/aromatic N) is 1. The van der Waals surface area contributed by atoms with E-state index in [9.17, 15) is 9.59 Å². The van der Waals surface area contributed by atoms with Gasteiger partial charge < -0.3 is 10.6 Å². The zero-order valence-electron chi connectivity index (χ0n) is 11.4. The molecule has 0 bridgehead atoms. The van der Waals surface area contributed by atoms with E-state index in [-0.39, 0.29) is 17.7 Å². The molecule has 0 unspecified atom stereocenters. The number of anilines is 1. The summed E-state index contributed by atoms with van der Waals surface area (Å²) < 4.78 is 0. The van der Waals surface area contributed by atoms with E-state index in [1.54, 1.807) is 0 Å². The molecule has 0 aliphatic heterocycles. The fourth-order valence-corrected chi connectivity index (χ4v) is 3.23. The van der Waals surface area contributed by atoms with E-state index >= 15 is 0 Å². The minimum atomic E-state index is 0.0199. The first-order valence-corrected chi connectivity index (χ1v) is 8.13. The number of carbonyl (C=O) groups excluding carboxylic acids is 2. The summed E-state index contributed by atoms with van der Waals surface area (Å²) in [4.78, 5) is 28.0. The molecule has 2 saturated carbocycles. The van der Waals surface area contributed by atoms with Crippen molar-refractivity contribution in [2.45, 2.75) is 51.0 Å². The molecular formula is C14H19N3O2S. The highest BCUT2D eigenvalue weighted by molar-refractivity contribution is 7.13. The van der Waals surface area contributed by atoms with Crippen molar-refractivity contribution in [1.29, 1.82) is 0 Å². The van der Waals surface area contributed by atoms with Crippen molar-refractivity contribution in [2.75, 3.05) is 5.32 Å². The minimum absolute atomic E-state index is 0.0199. The van der Waals surface area contributed by atoms with Gasteiger partial charge in [-0.1, -0.05) is 12.8 Å². The summed E-state index contributed by atoms with van der Waals surface area (Å²) in [5.74, 6) is 0.234. The second-order valence-electron chi connectivity index (χ2n) is 5.63. The number of carbonyl (C=O) groups is 2. The van der Waals surface area contributed by atoms with Gasteiger partial charge in [-0.15, -0.1) is 11.3 Å². The molecular weight excluding hydrogens is 274 g/mol. The lowest BCUT2D eigenvalue weighted by Gasteiger charge is -2.07. The van der Waals surface area contributed by atoms with Crippen LogP contribution in [0.5, 0.6) is 0 Å². The molecule has 2 amide bonds. The second-order valence-corrected chi connectivity index (χ2v) is 6.49. The number of amides is 2. The molecule has 1 aromatic heterocycles. The first kappa shape index (κ1) is 13.5. The van der Waals surface area contributed by atoms with Gasteiger partial charge >= 0.3 is 0 Å². The maximum absolute atomic E-state index is 12.0. The fraction of sp³-hybridized carbons (Fsp3) is 0.643. The van der Waals surface area contributed by atoms with Crippen molar-refractivity contribution in [3.63, 3.8) is 0 Å². The van der Waals surface area contributed by atoms with E-state index in [4.69, 9.17) is 0 Å². The van der Waals surface area contributed by atoms with E-state index in [1.165, 1.54) is 11.3 Å². The Kier molecular flexibility index (Phi) is 4.00. The van der Waals surface area contributed by atoms with Gasteiger partial charge in [0, 0.05) is 17.3 Å². The number of aromatic nitrogens is 1. The van der Waals surface area contributed by atoms with Gasteiger partial charge in [-0.3, -0.25) is 9.59 Å². The number of thiazole rings is 1. The van der Waals surface area contributed by atoms with Crippen molar-refractivity contribution in [2.24, 2.45) is 5.92 Å². The van der Waals surface area contributed by atoms with Gasteiger partial charge in [0.25, 0.3) is 0 Å². The van der Waals surface area contributed by atoms with Gasteiger partial charge in [0.1, 0.15) is 0 Å². The third-order valence-corrected chi connectivity index (χ3v) is 4.60. The number of hydrogen-bond acceptors (Lipinski definition) is 4. The highest BCUT2D eigenvalue weighted by atomic mass is 32.1. The van der Waals surface area contributed by atoms with Gasteiger partial charge in [0.2, 0.25) is 11.8 Å². The van der Waals surface area contributed by atoms with Crippen LogP contribution in [0.4, 0.5) is 5.13 Å². The van der Waals surface area contributed by atoms with Crippen LogP contribution in [0.3, 0.4) is 0 Å². The van der Waals surface area contributed by atoms with Crippen LogP contribution in [0.25, 0.3) is 0 Å². The SMILES string of the molecule is O=C(Cc1csc(NC(=O)C2CCCC2)n1)NC1CC1. The molecule has 5 nitrogen and oxygen atoms in total. The summed E-state index contributed by atoms with van der Waals surface area (Å²) >= 11 is 1.39. The van der Waals surface area contributed by atoms with Gasteiger partial charge in [-0.2, -0.15) is 0 Å². The molecule has 108 valence electrons. The zero-order valence-corrected chi connectivity index (χ0v) is 12.2. The van der Waals surface area contributed by atoms with Crippen LogP contribution in [0.1, 0.15) is 44.2 Å². The predicted molar refractivity (Wildman–Crippen MR) is 77.6 cm³/mol. The van der Waals surface area contributed by atoms with Crippen molar-refractivity contribution in [3.8, 4) is 0 Å². The highest BCUT2D eigenvalue weighted by Gasteiger charge is 2.24. The van der Waals surface area contributed by atoms with Gasteiger partial charge in [-0.05, 0) is 25.7 Å². The summed E-state index contributed by atoms with van der Waals surface area (Å²) in [7, 11) is 0. The average Bonchev–Trinajstić information content (AvgIpc) is 2.93. The van der Waals surface area contributed by atoms with Crippen LogP contribution >= 0.6 is 11.3 Å². The Hall–Kier alpha value is -1.43. The van der Waals surface area contributed by atoms with Crippen LogP contribution in [0.2, 0.25) is 0 Å². The Morgan fingerprint density at radius 2 is 2.00 bits per heavy atom. The minimum Gasteiger partial charge on any atom is -0.353 e. The first-order chi connectivity index (χ1) is 9.70. The van der Waals surface area contributed by atoms with E-state index < -0.39 is 0 Å². The van der Waals surface area contributed by atoms with Crippen LogP contribution < -0.4 is 10.6 Å².